The van der Waals surface area contributed by atoms with Gasteiger partial charge >= 0.3 is 18.0 Å². The second kappa shape index (κ2) is 9.24. The summed E-state index contributed by atoms with van der Waals surface area (Å²) in [5.41, 5.74) is -1.02. The Morgan fingerprint density at radius 1 is 1.12 bits per heavy atom. The number of hydrogen-bond acceptors (Lipinski definition) is 4. The average molecular weight is 348 g/mol. The number of carbonyl (C=O) groups excluding carboxylic acids is 2. The minimum absolute atomic E-state index is 0.110. The zero-order chi connectivity index (χ0) is 18.2. The molecule has 9 heteroatoms. The standard InChI is InChI=1S/C15H19F3N2O4/c1-23-8-6-20(7-9-24-2)14(22)13(21)19-12-5-3-4-11(10-12)15(16,17)18/h3-5,10H,6-9H2,1-2H3,(H,19,21). The first-order valence-electron chi connectivity index (χ1n) is 7.05. The molecule has 0 aliphatic heterocycles. The van der Waals surface area contributed by atoms with E-state index in [-0.39, 0.29) is 32.0 Å². The van der Waals surface area contributed by atoms with Gasteiger partial charge in [-0.05, 0) is 18.2 Å². The van der Waals surface area contributed by atoms with Crippen LogP contribution < -0.4 is 5.32 Å². The van der Waals surface area contributed by atoms with Crippen LogP contribution >= 0.6 is 0 Å². The van der Waals surface area contributed by atoms with Crippen molar-refractivity contribution in [3.05, 3.63) is 29.8 Å². The van der Waals surface area contributed by atoms with Crippen LogP contribution in [0.4, 0.5) is 18.9 Å². The largest absolute Gasteiger partial charge is 0.416 e. The number of carbonyl (C=O) groups is 2. The zero-order valence-corrected chi connectivity index (χ0v) is 13.4. The molecule has 1 rings (SSSR count). The summed E-state index contributed by atoms with van der Waals surface area (Å²) < 4.78 is 47.7. The maximum Gasteiger partial charge on any atom is 0.416 e. The number of nitrogens with zero attached hydrogens (tertiary/aromatic N) is 1. The highest BCUT2D eigenvalue weighted by atomic mass is 19.4. The number of amides is 2. The van der Waals surface area contributed by atoms with Crippen LogP contribution in [0.2, 0.25) is 0 Å². The van der Waals surface area contributed by atoms with E-state index in [1.807, 2.05) is 0 Å². The molecule has 0 saturated carbocycles. The molecular weight excluding hydrogens is 329 g/mol. The van der Waals surface area contributed by atoms with Crippen molar-refractivity contribution in [2.24, 2.45) is 0 Å². The number of alkyl halides is 3. The van der Waals surface area contributed by atoms with Gasteiger partial charge in [0.05, 0.1) is 18.8 Å². The lowest BCUT2D eigenvalue weighted by Crippen LogP contribution is -2.43. The molecule has 0 bridgehead atoms. The minimum atomic E-state index is -4.53. The van der Waals surface area contributed by atoms with E-state index < -0.39 is 23.6 Å². The van der Waals surface area contributed by atoms with E-state index in [1.165, 1.54) is 25.2 Å². The highest BCUT2D eigenvalue weighted by Crippen LogP contribution is 2.30. The third-order valence-corrected chi connectivity index (χ3v) is 3.06. The van der Waals surface area contributed by atoms with Gasteiger partial charge in [-0.2, -0.15) is 13.2 Å². The number of anilines is 1. The molecule has 0 radical (unpaired) electrons. The van der Waals surface area contributed by atoms with Crippen molar-refractivity contribution in [2.75, 3.05) is 45.8 Å². The molecule has 1 N–H and O–H groups in total. The molecular formula is C15H19F3N2O4. The summed E-state index contributed by atoms with van der Waals surface area (Å²) in [5, 5.41) is 2.18. The predicted molar refractivity (Wildman–Crippen MR) is 80.4 cm³/mol. The fourth-order valence-corrected chi connectivity index (χ4v) is 1.82. The van der Waals surface area contributed by atoms with Gasteiger partial charge in [-0.15, -0.1) is 0 Å². The van der Waals surface area contributed by atoms with Gasteiger partial charge in [0.1, 0.15) is 0 Å². The van der Waals surface area contributed by atoms with Crippen LogP contribution in [0.1, 0.15) is 5.56 Å². The number of methoxy groups -OCH3 is 2. The molecule has 134 valence electrons. The number of hydrogen-bond donors (Lipinski definition) is 1. The Bertz CT molecular complexity index is 556. The molecule has 0 heterocycles. The first-order chi connectivity index (χ1) is 11.3. The van der Waals surface area contributed by atoms with Crippen molar-refractivity contribution in [1.82, 2.24) is 4.90 Å². The monoisotopic (exact) mass is 348 g/mol. The normalized spacial score (nSPS) is 11.2. The van der Waals surface area contributed by atoms with E-state index in [1.54, 1.807) is 0 Å². The van der Waals surface area contributed by atoms with E-state index in [0.717, 1.165) is 18.2 Å². The number of benzene rings is 1. The smallest absolute Gasteiger partial charge is 0.383 e. The van der Waals surface area contributed by atoms with Gasteiger partial charge in [-0.3, -0.25) is 9.59 Å². The van der Waals surface area contributed by atoms with Crippen LogP contribution in [0, 0.1) is 0 Å². The third kappa shape index (κ3) is 6.17. The molecule has 2 amide bonds. The van der Waals surface area contributed by atoms with Gasteiger partial charge in [-0.1, -0.05) is 6.07 Å². The molecule has 1 aromatic carbocycles. The lowest BCUT2D eigenvalue weighted by molar-refractivity contribution is -0.144. The zero-order valence-electron chi connectivity index (χ0n) is 13.4. The van der Waals surface area contributed by atoms with Gasteiger partial charge in [0.15, 0.2) is 0 Å². The van der Waals surface area contributed by atoms with E-state index >= 15 is 0 Å². The van der Waals surface area contributed by atoms with E-state index in [4.69, 9.17) is 9.47 Å². The lowest BCUT2D eigenvalue weighted by Gasteiger charge is -2.21. The molecule has 0 fully saturated rings. The first kappa shape index (κ1) is 19.9. The molecule has 0 aliphatic rings. The van der Waals surface area contributed by atoms with Crippen molar-refractivity contribution < 1.29 is 32.2 Å². The number of halogens is 3. The summed E-state index contributed by atoms with van der Waals surface area (Å²) in [5.74, 6) is -1.90. The van der Waals surface area contributed by atoms with Crippen LogP contribution in [0.5, 0.6) is 0 Å². The predicted octanol–water partition coefficient (Wildman–Crippen LogP) is 1.77. The Hall–Kier alpha value is -2.13. The van der Waals surface area contributed by atoms with Crippen LogP contribution in [-0.2, 0) is 25.2 Å². The first-order valence-corrected chi connectivity index (χ1v) is 7.05. The van der Waals surface area contributed by atoms with Crippen molar-refractivity contribution in [1.29, 1.82) is 0 Å². The molecule has 0 saturated heterocycles. The molecule has 0 aromatic heterocycles. The quantitative estimate of drug-likeness (QED) is 0.763. The molecule has 6 nitrogen and oxygen atoms in total. The Morgan fingerprint density at radius 3 is 2.21 bits per heavy atom. The van der Waals surface area contributed by atoms with Gasteiger partial charge in [0.25, 0.3) is 0 Å². The maximum atomic E-state index is 12.7. The van der Waals surface area contributed by atoms with E-state index in [0.29, 0.717) is 0 Å². The SMILES string of the molecule is COCCN(CCOC)C(=O)C(=O)Nc1cccc(C(F)(F)F)c1. The second-order valence-corrected chi connectivity index (χ2v) is 4.81. The van der Waals surface area contributed by atoms with Gasteiger partial charge in [0.2, 0.25) is 0 Å². The summed E-state index contributed by atoms with van der Waals surface area (Å²) in [7, 11) is 2.89. The van der Waals surface area contributed by atoms with Crippen molar-refractivity contribution in [3.63, 3.8) is 0 Å². The molecule has 0 aliphatic carbocycles. The van der Waals surface area contributed by atoms with Crippen LogP contribution in [-0.4, -0.2) is 57.2 Å². The van der Waals surface area contributed by atoms with Gasteiger partial charge in [0, 0.05) is 33.0 Å². The number of ether oxygens (including phenoxy) is 2. The fraction of sp³-hybridized carbons (Fsp3) is 0.467. The van der Waals surface area contributed by atoms with Crippen LogP contribution in [0.25, 0.3) is 0 Å². The summed E-state index contributed by atoms with van der Waals surface area (Å²) in [4.78, 5) is 25.3. The minimum Gasteiger partial charge on any atom is -0.383 e. The van der Waals surface area contributed by atoms with E-state index in [2.05, 4.69) is 5.32 Å². The molecule has 0 spiro atoms. The lowest BCUT2D eigenvalue weighted by atomic mass is 10.2. The van der Waals surface area contributed by atoms with Crippen molar-refractivity contribution >= 4 is 17.5 Å². The maximum absolute atomic E-state index is 12.7. The van der Waals surface area contributed by atoms with Gasteiger partial charge in [-0.25, -0.2) is 0 Å². The van der Waals surface area contributed by atoms with Crippen molar-refractivity contribution in [2.45, 2.75) is 6.18 Å². The fourth-order valence-electron chi connectivity index (χ4n) is 1.82. The summed E-state index contributed by atoms with van der Waals surface area (Å²) in [6, 6.07) is 4.06. The van der Waals surface area contributed by atoms with Crippen molar-refractivity contribution in [3.8, 4) is 0 Å². The molecule has 0 atom stereocenters. The molecule has 24 heavy (non-hydrogen) atoms. The average Bonchev–Trinajstić information content (AvgIpc) is 2.54. The Kier molecular flexibility index (Phi) is 7.66. The highest BCUT2D eigenvalue weighted by Gasteiger charge is 2.31. The highest BCUT2D eigenvalue weighted by molar-refractivity contribution is 6.39. The summed E-state index contributed by atoms with van der Waals surface area (Å²) in [6.45, 7) is 0.752. The van der Waals surface area contributed by atoms with Crippen LogP contribution in [0.15, 0.2) is 24.3 Å². The molecule has 0 unspecified atom stereocenters. The Balaban J connectivity index is 2.78. The summed E-state index contributed by atoms with van der Waals surface area (Å²) in [6.07, 6.45) is -4.53. The number of nitrogens with one attached hydrogen (secondary N) is 1. The second-order valence-electron chi connectivity index (χ2n) is 4.81. The van der Waals surface area contributed by atoms with Crippen LogP contribution in [0.3, 0.4) is 0 Å². The number of rotatable bonds is 7. The van der Waals surface area contributed by atoms with Gasteiger partial charge < -0.3 is 19.7 Å². The summed E-state index contributed by atoms with van der Waals surface area (Å²) >= 11 is 0. The Morgan fingerprint density at radius 2 is 1.71 bits per heavy atom. The topological polar surface area (TPSA) is 67.9 Å². The third-order valence-electron chi connectivity index (χ3n) is 3.06. The molecule has 1 aromatic rings. The van der Waals surface area contributed by atoms with E-state index in [9.17, 15) is 22.8 Å². The Labute approximate surface area is 137 Å².